The van der Waals surface area contributed by atoms with Crippen molar-refractivity contribution in [2.24, 2.45) is 5.73 Å². The third-order valence-electron chi connectivity index (χ3n) is 1.21. The average Bonchev–Trinajstić information content (AvgIpc) is 1.64. The van der Waals surface area contributed by atoms with Gasteiger partial charge in [-0.3, -0.25) is 4.79 Å². The molecule has 0 saturated heterocycles. The van der Waals surface area contributed by atoms with Gasteiger partial charge >= 0.3 is 0 Å². The molecule has 8 heavy (non-hydrogen) atoms. The van der Waals surface area contributed by atoms with E-state index in [-0.39, 0.29) is 11.8 Å². The molecule has 0 heterocycles. The second kappa shape index (κ2) is 2.09. The van der Waals surface area contributed by atoms with Gasteiger partial charge < -0.3 is 5.73 Å². The standard InChI is InChI=1S/C6H9NO/c7-5-2-1-3-6(8)4-5/h1,3,5H,2,4,7H2/t5-/m1/s1. The maximum atomic E-state index is 10.5. The first kappa shape index (κ1) is 5.51. The Balaban J connectivity index is 2.54. The molecule has 0 saturated carbocycles. The number of carbonyl (C=O) groups excluding carboxylic acids is 1. The van der Waals surface area contributed by atoms with Crippen molar-refractivity contribution in [3.63, 3.8) is 0 Å². The van der Waals surface area contributed by atoms with Crippen LogP contribution in [0.25, 0.3) is 0 Å². The van der Waals surface area contributed by atoms with Crippen LogP contribution in [-0.2, 0) is 4.79 Å². The minimum Gasteiger partial charge on any atom is -0.327 e. The number of hydrogen-bond donors (Lipinski definition) is 1. The van der Waals surface area contributed by atoms with Crippen LogP contribution in [0.1, 0.15) is 12.8 Å². The smallest absolute Gasteiger partial charge is 0.156 e. The fourth-order valence-corrected chi connectivity index (χ4v) is 0.784. The van der Waals surface area contributed by atoms with Gasteiger partial charge in [-0.1, -0.05) is 6.08 Å². The lowest BCUT2D eigenvalue weighted by Crippen LogP contribution is -2.24. The summed E-state index contributed by atoms with van der Waals surface area (Å²) in [6.07, 6.45) is 4.81. The van der Waals surface area contributed by atoms with Gasteiger partial charge in [0.15, 0.2) is 5.78 Å². The van der Waals surface area contributed by atoms with Gasteiger partial charge in [-0.2, -0.15) is 0 Å². The highest BCUT2D eigenvalue weighted by molar-refractivity contribution is 5.90. The van der Waals surface area contributed by atoms with Crippen molar-refractivity contribution in [2.45, 2.75) is 18.9 Å². The summed E-state index contributed by atoms with van der Waals surface area (Å²) in [4.78, 5) is 10.5. The fraction of sp³-hybridized carbons (Fsp3) is 0.500. The molecule has 0 radical (unpaired) electrons. The summed E-state index contributed by atoms with van der Waals surface area (Å²) >= 11 is 0. The molecule has 0 spiro atoms. The van der Waals surface area contributed by atoms with Crippen molar-refractivity contribution in [1.82, 2.24) is 0 Å². The number of rotatable bonds is 0. The maximum Gasteiger partial charge on any atom is 0.156 e. The van der Waals surface area contributed by atoms with E-state index in [1.807, 2.05) is 6.08 Å². The number of ketones is 1. The highest BCUT2D eigenvalue weighted by atomic mass is 16.1. The summed E-state index contributed by atoms with van der Waals surface area (Å²) < 4.78 is 0. The van der Waals surface area contributed by atoms with Crippen molar-refractivity contribution in [2.75, 3.05) is 0 Å². The van der Waals surface area contributed by atoms with Crippen LogP contribution in [0.3, 0.4) is 0 Å². The summed E-state index contributed by atoms with van der Waals surface area (Å²) in [7, 11) is 0. The van der Waals surface area contributed by atoms with Gasteiger partial charge in [0.25, 0.3) is 0 Å². The first-order valence-corrected chi connectivity index (χ1v) is 2.74. The lowest BCUT2D eigenvalue weighted by atomic mass is 10.0. The molecule has 0 bridgehead atoms. The van der Waals surface area contributed by atoms with E-state index in [1.54, 1.807) is 6.08 Å². The van der Waals surface area contributed by atoms with Crippen molar-refractivity contribution in [1.29, 1.82) is 0 Å². The summed E-state index contributed by atoms with van der Waals surface area (Å²) in [5.41, 5.74) is 5.45. The van der Waals surface area contributed by atoms with E-state index < -0.39 is 0 Å². The normalized spacial score (nSPS) is 28.6. The number of nitrogens with two attached hydrogens (primary N) is 1. The second-order valence-electron chi connectivity index (χ2n) is 2.07. The molecule has 1 aliphatic rings. The molecule has 2 nitrogen and oxygen atoms in total. The van der Waals surface area contributed by atoms with Crippen LogP contribution in [0.4, 0.5) is 0 Å². The van der Waals surface area contributed by atoms with Crippen molar-refractivity contribution >= 4 is 5.78 Å². The Hall–Kier alpha value is -0.630. The van der Waals surface area contributed by atoms with Crippen molar-refractivity contribution in [3.05, 3.63) is 12.2 Å². The lowest BCUT2D eigenvalue weighted by Gasteiger charge is -2.09. The predicted octanol–water partition coefficient (Wildman–Crippen LogP) is 0.233. The van der Waals surface area contributed by atoms with Crippen molar-refractivity contribution < 1.29 is 4.79 Å². The van der Waals surface area contributed by atoms with Crippen LogP contribution in [0.15, 0.2) is 12.2 Å². The highest BCUT2D eigenvalue weighted by Gasteiger charge is 2.08. The molecule has 0 amide bonds. The molecule has 1 atom stereocenters. The first-order chi connectivity index (χ1) is 3.79. The van der Waals surface area contributed by atoms with E-state index in [4.69, 9.17) is 5.73 Å². The van der Waals surface area contributed by atoms with Gasteiger partial charge in [-0.15, -0.1) is 0 Å². The molecule has 1 rings (SSSR count). The quantitative estimate of drug-likeness (QED) is 0.486. The van der Waals surface area contributed by atoms with Crippen LogP contribution in [-0.4, -0.2) is 11.8 Å². The van der Waals surface area contributed by atoms with E-state index in [9.17, 15) is 4.79 Å². The Morgan fingerprint density at radius 1 is 1.75 bits per heavy atom. The molecule has 2 N–H and O–H groups in total. The zero-order valence-corrected chi connectivity index (χ0v) is 4.63. The Bertz CT molecular complexity index is 128. The Morgan fingerprint density at radius 3 is 2.88 bits per heavy atom. The van der Waals surface area contributed by atoms with Gasteiger partial charge in [0.1, 0.15) is 0 Å². The Kier molecular flexibility index (Phi) is 1.44. The van der Waals surface area contributed by atoms with Crippen molar-refractivity contribution in [3.8, 4) is 0 Å². The van der Waals surface area contributed by atoms with Gasteiger partial charge in [0, 0.05) is 12.5 Å². The minimum absolute atomic E-state index is 0.0764. The van der Waals surface area contributed by atoms with E-state index in [1.165, 1.54) is 0 Å². The summed E-state index contributed by atoms with van der Waals surface area (Å²) in [5.74, 6) is 0.156. The van der Waals surface area contributed by atoms with Gasteiger partial charge in [0.2, 0.25) is 0 Å². The van der Waals surface area contributed by atoms with Gasteiger partial charge in [-0.25, -0.2) is 0 Å². The molecule has 0 aromatic rings. The number of allylic oxidation sites excluding steroid dienone is 1. The van der Waals surface area contributed by atoms with Crippen LogP contribution in [0, 0.1) is 0 Å². The predicted molar refractivity (Wildman–Crippen MR) is 31.4 cm³/mol. The lowest BCUT2D eigenvalue weighted by molar-refractivity contribution is -0.115. The summed E-state index contributed by atoms with van der Waals surface area (Å²) in [6, 6.07) is 0.0764. The van der Waals surface area contributed by atoms with E-state index >= 15 is 0 Å². The molecule has 0 unspecified atom stereocenters. The van der Waals surface area contributed by atoms with Crippen LogP contribution >= 0.6 is 0 Å². The summed E-state index contributed by atoms with van der Waals surface area (Å²) in [6.45, 7) is 0. The highest BCUT2D eigenvalue weighted by Crippen LogP contribution is 2.03. The molecule has 0 aliphatic heterocycles. The zero-order valence-electron chi connectivity index (χ0n) is 4.63. The summed E-state index contributed by atoms with van der Waals surface area (Å²) in [5, 5.41) is 0. The molecular weight excluding hydrogens is 102 g/mol. The zero-order chi connectivity index (χ0) is 5.98. The molecule has 2 heteroatoms. The largest absolute Gasteiger partial charge is 0.327 e. The molecular formula is C6H9NO. The third-order valence-corrected chi connectivity index (χ3v) is 1.21. The average molecular weight is 111 g/mol. The molecule has 0 aromatic carbocycles. The monoisotopic (exact) mass is 111 g/mol. The molecule has 0 fully saturated rings. The van der Waals surface area contributed by atoms with Crippen LogP contribution in [0.5, 0.6) is 0 Å². The molecule has 0 aromatic heterocycles. The number of hydrogen-bond acceptors (Lipinski definition) is 2. The van der Waals surface area contributed by atoms with Gasteiger partial charge in [0.05, 0.1) is 0 Å². The van der Waals surface area contributed by atoms with E-state index in [0.717, 1.165) is 6.42 Å². The Morgan fingerprint density at radius 2 is 2.50 bits per heavy atom. The topological polar surface area (TPSA) is 43.1 Å². The maximum absolute atomic E-state index is 10.5. The van der Waals surface area contributed by atoms with E-state index in [0.29, 0.717) is 6.42 Å². The molecule has 1 aliphatic carbocycles. The first-order valence-electron chi connectivity index (χ1n) is 2.74. The minimum atomic E-state index is 0.0764. The third kappa shape index (κ3) is 1.17. The van der Waals surface area contributed by atoms with Crippen LogP contribution < -0.4 is 5.73 Å². The van der Waals surface area contributed by atoms with Crippen LogP contribution in [0.2, 0.25) is 0 Å². The van der Waals surface area contributed by atoms with Gasteiger partial charge in [-0.05, 0) is 12.5 Å². The SMILES string of the molecule is N[C@@H]1CC=CC(=O)C1. The second-order valence-corrected chi connectivity index (χ2v) is 2.07. The number of carbonyl (C=O) groups is 1. The Labute approximate surface area is 48.4 Å². The fourth-order valence-electron chi connectivity index (χ4n) is 0.784. The molecule has 44 valence electrons. The van der Waals surface area contributed by atoms with E-state index in [2.05, 4.69) is 0 Å².